The van der Waals surface area contributed by atoms with Crippen LogP contribution in [0.15, 0.2) is 24.3 Å². The molecule has 0 atom stereocenters. The van der Waals surface area contributed by atoms with Gasteiger partial charge in [-0.25, -0.2) is 4.79 Å². The van der Waals surface area contributed by atoms with Gasteiger partial charge in [-0.3, -0.25) is 4.90 Å². The number of nitrogens with one attached hydrogen (secondary N) is 2. The third-order valence-corrected chi connectivity index (χ3v) is 6.17. The lowest BCUT2D eigenvalue weighted by Crippen LogP contribution is -2.46. The summed E-state index contributed by atoms with van der Waals surface area (Å²) in [5, 5.41) is 6.26. The predicted octanol–water partition coefficient (Wildman–Crippen LogP) is 3.79. The first-order valence-corrected chi connectivity index (χ1v) is 10.5. The van der Waals surface area contributed by atoms with Gasteiger partial charge < -0.3 is 15.4 Å². The fraction of sp³-hybridized carbons (Fsp3) is 0.682. The summed E-state index contributed by atoms with van der Waals surface area (Å²) in [6.45, 7) is 6.29. The fourth-order valence-corrected chi connectivity index (χ4v) is 4.22. The van der Waals surface area contributed by atoms with Gasteiger partial charge in [0.25, 0.3) is 0 Å². The van der Waals surface area contributed by atoms with Crippen molar-refractivity contribution in [2.24, 2.45) is 11.8 Å². The van der Waals surface area contributed by atoms with E-state index in [1.165, 1.54) is 18.4 Å². The van der Waals surface area contributed by atoms with Crippen molar-refractivity contribution in [3.63, 3.8) is 0 Å². The van der Waals surface area contributed by atoms with Gasteiger partial charge in [0.05, 0.1) is 7.11 Å². The van der Waals surface area contributed by atoms with E-state index in [2.05, 4.69) is 34.6 Å². The molecule has 0 aromatic heterocycles. The summed E-state index contributed by atoms with van der Waals surface area (Å²) >= 11 is 0. The van der Waals surface area contributed by atoms with Crippen LogP contribution in [0.3, 0.4) is 0 Å². The Hall–Kier alpha value is -1.75. The number of carbonyl (C=O) groups excluding carboxylic acids is 1. The molecule has 0 unspecified atom stereocenters. The van der Waals surface area contributed by atoms with Crippen LogP contribution in [0.2, 0.25) is 0 Å². The summed E-state index contributed by atoms with van der Waals surface area (Å²) < 4.78 is 5.22. The molecule has 0 radical (unpaired) electrons. The first kappa shape index (κ1) is 20.0. The number of amides is 2. The number of ether oxygens (including phenoxy) is 1. The van der Waals surface area contributed by atoms with Gasteiger partial charge in [0, 0.05) is 19.1 Å². The number of hydrogen-bond acceptors (Lipinski definition) is 3. The molecule has 1 saturated heterocycles. The normalized spacial score (nSPS) is 24.4. The van der Waals surface area contributed by atoms with Crippen LogP contribution in [0.5, 0.6) is 5.75 Å². The van der Waals surface area contributed by atoms with Crippen molar-refractivity contribution in [1.82, 2.24) is 15.5 Å². The average molecular weight is 374 g/mol. The van der Waals surface area contributed by atoms with Crippen molar-refractivity contribution >= 4 is 6.03 Å². The molecule has 0 spiro atoms. The van der Waals surface area contributed by atoms with Crippen molar-refractivity contribution in [3.05, 3.63) is 29.8 Å². The van der Waals surface area contributed by atoms with Crippen LogP contribution in [0.4, 0.5) is 4.79 Å². The van der Waals surface area contributed by atoms with E-state index >= 15 is 0 Å². The Morgan fingerprint density at radius 2 is 1.74 bits per heavy atom. The standard InChI is InChI=1S/C22H35N3O2/c1-17-3-7-20(8-4-17)24-22(26)23-15-18-11-13-25(14-12-18)16-19-5-9-21(27-2)10-6-19/h5-6,9-10,17-18,20H,3-4,7-8,11-16H2,1-2H3,(H2,23,24,26). The molecule has 1 aromatic rings. The Labute approximate surface area is 163 Å². The Bertz CT molecular complexity index is 574. The second-order valence-electron chi connectivity index (χ2n) is 8.38. The van der Waals surface area contributed by atoms with Crippen molar-refractivity contribution in [2.45, 2.75) is 58.0 Å². The van der Waals surface area contributed by atoms with E-state index in [0.717, 1.165) is 63.5 Å². The topological polar surface area (TPSA) is 53.6 Å². The second-order valence-corrected chi connectivity index (χ2v) is 8.38. The molecule has 5 nitrogen and oxygen atoms in total. The Morgan fingerprint density at radius 1 is 1.07 bits per heavy atom. The molecule has 150 valence electrons. The SMILES string of the molecule is COc1ccc(CN2CCC(CNC(=O)NC3CCC(C)CC3)CC2)cc1. The van der Waals surface area contributed by atoms with E-state index in [1.54, 1.807) is 7.11 Å². The molecular weight excluding hydrogens is 338 g/mol. The zero-order valence-electron chi connectivity index (χ0n) is 16.9. The van der Waals surface area contributed by atoms with Crippen molar-refractivity contribution in [2.75, 3.05) is 26.7 Å². The summed E-state index contributed by atoms with van der Waals surface area (Å²) in [4.78, 5) is 14.7. The molecule has 1 aromatic carbocycles. The highest BCUT2D eigenvalue weighted by Gasteiger charge is 2.22. The Morgan fingerprint density at radius 3 is 2.37 bits per heavy atom. The summed E-state index contributed by atoms with van der Waals surface area (Å²) in [5.41, 5.74) is 1.33. The average Bonchev–Trinajstić information content (AvgIpc) is 2.70. The summed E-state index contributed by atoms with van der Waals surface area (Å²) in [5.74, 6) is 2.31. The summed E-state index contributed by atoms with van der Waals surface area (Å²) in [7, 11) is 1.70. The molecule has 1 heterocycles. The zero-order chi connectivity index (χ0) is 19.1. The van der Waals surface area contributed by atoms with Gasteiger partial charge in [-0.15, -0.1) is 0 Å². The van der Waals surface area contributed by atoms with Crippen LogP contribution in [0.1, 0.15) is 51.0 Å². The monoisotopic (exact) mass is 373 g/mol. The molecule has 1 aliphatic carbocycles. The fourth-order valence-electron chi connectivity index (χ4n) is 4.22. The molecule has 1 saturated carbocycles. The number of benzene rings is 1. The zero-order valence-corrected chi connectivity index (χ0v) is 16.9. The third-order valence-electron chi connectivity index (χ3n) is 6.17. The molecule has 27 heavy (non-hydrogen) atoms. The van der Waals surface area contributed by atoms with E-state index < -0.39 is 0 Å². The minimum atomic E-state index is 0.0233. The lowest BCUT2D eigenvalue weighted by molar-refractivity contribution is 0.174. The number of rotatable bonds is 6. The van der Waals surface area contributed by atoms with Crippen molar-refractivity contribution < 1.29 is 9.53 Å². The third kappa shape index (κ3) is 6.42. The number of urea groups is 1. The number of methoxy groups -OCH3 is 1. The highest BCUT2D eigenvalue weighted by Crippen LogP contribution is 2.23. The van der Waals surface area contributed by atoms with E-state index in [-0.39, 0.29) is 6.03 Å². The first-order chi connectivity index (χ1) is 13.1. The molecule has 2 fully saturated rings. The molecule has 2 aliphatic rings. The Kier molecular flexibility index (Phi) is 7.39. The first-order valence-electron chi connectivity index (χ1n) is 10.5. The van der Waals surface area contributed by atoms with Crippen molar-refractivity contribution in [1.29, 1.82) is 0 Å². The van der Waals surface area contributed by atoms with Gasteiger partial charge in [-0.2, -0.15) is 0 Å². The summed E-state index contributed by atoms with van der Waals surface area (Å²) in [6.07, 6.45) is 7.01. The molecule has 2 N–H and O–H groups in total. The van der Waals surface area contributed by atoms with E-state index in [4.69, 9.17) is 4.74 Å². The van der Waals surface area contributed by atoms with E-state index in [0.29, 0.717) is 12.0 Å². The molecular formula is C22H35N3O2. The second kappa shape index (κ2) is 9.98. The Balaban J connectivity index is 1.31. The quantitative estimate of drug-likeness (QED) is 0.798. The van der Waals surface area contributed by atoms with Crippen LogP contribution in [-0.2, 0) is 6.54 Å². The molecule has 5 heteroatoms. The van der Waals surface area contributed by atoms with Crippen LogP contribution in [0, 0.1) is 11.8 Å². The van der Waals surface area contributed by atoms with Gasteiger partial charge in [-0.1, -0.05) is 19.1 Å². The van der Waals surface area contributed by atoms with Gasteiger partial charge in [0.15, 0.2) is 0 Å². The smallest absolute Gasteiger partial charge is 0.315 e. The maximum Gasteiger partial charge on any atom is 0.315 e. The predicted molar refractivity (Wildman–Crippen MR) is 109 cm³/mol. The van der Waals surface area contributed by atoms with Crippen LogP contribution >= 0.6 is 0 Å². The lowest BCUT2D eigenvalue weighted by atomic mass is 9.87. The number of carbonyl (C=O) groups is 1. The molecule has 2 amide bonds. The number of hydrogen-bond donors (Lipinski definition) is 2. The van der Waals surface area contributed by atoms with Crippen molar-refractivity contribution in [3.8, 4) is 5.75 Å². The van der Waals surface area contributed by atoms with Gasteiger partial charge in [0.2, 0.25) is 0 Å². The van der Waals surface area contributed by atoms with Gasteiger partial charge in [0.1, 0.15) is 5.75 Å². The lowest BCUT2D eigenvalue weighted by Gasteiger charge is -2.32. The highest BCUT2D eigenvalue weighted by molar-refractivity contribution is 5.74. The summed E-state index contributed by atoms with van der Waals surface area (Å²) in [6, 6.07) is 8.73. The minimum Gasteiger partial charge on any atom is -0.497 e. The number of piperidine rings is 1. The maximum absolute atomic E-state index is 12.2. The van der Waals surface area contributed by atoms with E-state index in [9.17, 15) is 4.79 Å². The van der Waals surface area contributed by atoms with Crippen LogP contribution in [0.25, 0.3) is 0 Å². The van der Waals surface area contributed by atoms with Crippen LogP contribution < -0.4 is 15.4 Å². The van der Waals surface area contributed by atoms with Crippen LogP contribution in [-0.4, -0.2) is 43.7 Å². The molecule has 1 aliphatic heterocycles. The number of likely N-dealkylation sites (tertiary alicyclic amines) is 1. The molecule has 3 rings (SSSR count). The highest BCUT2D eigenvalue weighted by atomic mass is 16.5. The largest absolute Gasteiger partial charge is 0.497 e. The number of nitrogens with zero attached hydrogens (tertiary/aromatic N) is 1. The molecule has 0 bridgehead atoms. The van der Waals surface area contributed by atoms with Gasteiger partial charge >= 0.3 is 6.03 Å². The van der Waals surface area contributed by atoms with E-state index in [1.807, 2.05) is 12.1 Å². The maximum atomic E-state index is 12.2. The minimum absolute atomic E-state index is 0.0233. The van der Waals surface area contributed by atoms with Gasteiger partial charge in [-0.05, 0) is 81.1 Å².